The van der Waals surface area contributed by atoms with Crippen LogP contribution in [0.4, 0.5) is 29.3 Å². The van der Waals surface area contributed by atoms with Gasteiger partial charge in [-0.3, -0.25) is 9.59 Å². The first-order chi connectivity index (χ1) is 26.7. The molecule has 0 spiro atoms. The van der Waals surface area contributed by atoms with Crippen LogP contribution in [0.25, 0.3) is 32.8 Å². The van der Waals surface area contributed by atoms with Gasteiger partial charge >= 0.3 is 12.3 Å². The number of alkyl halides is 4. The van der Waals surface area contributed by atoms with E-state index in [0.29, 0.717) is 46.4 Å². The van der Waals surface area contributed by atoms with E-state index in [1.54, 1.807) is 42.5 Å². The molecular formula is C38H31ClF3N6O8-. The second kappa shape index (κ2) is 13.8. The first-order valence-corrected chi connectivity index (χ1v) is 17.8. The van der Waals surface area contributed by atoms with Crippen molar-refractivity contribution in [3.63, 3.8) is 0 Å². The molecule has 5 heterocycles. The number of hydrogen-bond acceptors (Lipinski definition) is 9. The smallest absolute Gasteiger partial charge is 0.431 e. The van der Waals surface area contributed by atoms with Gasteiger partial charge in [0.2, 0.25) is 0 Å². The van der Waals surface area contributed by atoms with Crippen LogP contribution in [-0.2, 0) is 6.18 Å². The third-order valence-corrected chi connectivity index (χ3v) is 10.5. The molecule has 0 bridgehead atoms. The monoisotopic (exact) mass is 791 g/mol. The van der Waals surface area contributed by atoms with Gasteiger partial charge in [0.1, 0.15) is 11.4 Å². The number of anilines is 2. The number of aromatic nitrogens is 2. The van der Waals surface area contributed by atoms with Crippen molar-refractivity contribution in [1.29, 1.82) is 0 Å². The molecule has 3 aromatic carbocycles. The van der Waals surface area contributed by atoms with Crippen LogP contribution in [0.5, 0.6) is 11.5 Å². The minimum Gasteiger partial charge on any atom is -0.545 e. The van der Waals surface area contributed by atoms with Gasteiger partial charge < -0.3 is 53.8 Å². The molecular weight excluding hydrogens is 761 g/mol. The Morgan fingerprint density at radius 2 is 1.77 bits per heavy atom. The summed E-state index contributed by atoms with van der Waals surface area (Å²) in [7, 11) is 3.36. The lowest BCUT2D eigenvalue weighted by molar-refractivity contribution is -0.255. The van der Waals surface area contributed by atoms with Gasteiger partial charge in [-0.15, -0.1) is 11.6 Å². The number of furan rings is 1. The fourth-order valence-electron chi connectivity index (χ4n) is 7.34. The molecule has 1 saturated heterocycles. The number of likely N-dealkylation sites (N-methyl/N-ethyl adjacent to an activating group) is 1. The maximum absolute atomic E-state index is 14.3. The zero-order valence-corrected chi connectivity index (χ0v) is 30.4. The Kier molecular flexibility index (Phi) is 9.08. The van der Waals surface area contributed by atoms with E-state index in [9.17, 15) is 37.5 Å². The number of nitrogens with zero attached hydrogens (tertiary/aromatic N) is 3. The number of para-hydroxylation sites is 1. The normalized spacial score (nSPS) is 16.1. The van der Waals surface area contributed by atoms with Crippen molar-refractivity contribution in [2.24, 2.45) is 0 Å². The number of benzene rings is 3. The molecule has 2 aliphatic rings. The van der Waals surface area contributed by atoms with E-state index in [1.165, 1.54) is 29.0 Å². The van der Waals surface area contributed by atoms with Gasteiger partial charge in [-0.05, 0) is 49.0 Å². The number of halogens is 4. The number of piperazine rings is 1. The van der Waals surface area contributed by atoms with Crippen molar-refractivity contribution in [2.75, 3.05) is 63.0 Å². The van der Waals surface area contributed by atoms with Gasteiger partial charge in [-0.2, -0.15) is 13.2 Å². The van der Waals surface area contributed by atoms with Crippen LogP contribution in [0.1, 0.15) is 48.6 Å². The number of carboxylic acids is 1. The third-order valence-electron chi connectivity index (χ3n) is 10.1. The first-order valence-electron chi connectivity index (χ1n) is 17.3. The summed E-state index contributed by atoms with van der Waals surface area (Å²) in [5.41, 5.74) is -1.74. The number of amides is 3. The van der Waals surface area contributed by atoms with Crippen LogP contribution >= 0.6 is 11.6 Å². The fraction of sp³-hybridized carbons (Fsp3) is 0.263. The summed E-state index contributed by atoms with van der Waals surface area (Å²) in [6.07, 6.45) is -6.02. The zero-order valence-electron chi connectivity index (χ0n) is 29.6. The molecule has 3 aromatic heterocycles. The lowest BCUT2D eigenvalue weighted by Crippen LogP contribution is -2.48. The Hall–Kier alpha value is -6.20. The second-order valence-corrected chi connectivity index (χ2v) is 13.9. The van der Waals surface area contributed by atoms with Crippen LogP contribution < -0.4 is 24.8 Å². The summed E-state index contributed by atoms with van der Waals surface area (Å²) >= 11 is 6.34. The van der Waals surface area contributed by atoms with Crippen LogP contribution in [0.15, 0.2) is 59.0 Å². The highest BCUT2D eigenvalue weighted by atomic mass is 35.5. The number of nitrogens with one attached hydrogen (secondary N) is 3. The summed E-state index contributed by atoms with van der Waals surface area (Å²) in [5, 5.41) is 16.0. The van der Waals surface area contributed by atoms with E-state index in [1.807, 2.05) is 11.9 Å². The number of aromatic amines is 2. The van der Waals surface area contributed by atoms with Gasteiger partial charge in [0.05, 0.1) is 24.3 Å². The molecule has 0 aliphatic carbocycles. The maximum atomic E-state index is 14.3. The molecule has 56 heavy (non-hydrogen) atoms. The Morgan fingerprint density at radius 1 is 1.00 bits per heavy atom. The highest BCUT2D eigenvalue weighted by molar-refractivity contribution is 6.20. The van der Waals surface area contributed by atoms with E-state index in [0.717, 1.165) is 0 Å². The van der Waals surface area contributed by atoms with E-state index in [4.69, 9.17) is 25.5 Å². The topological polar surface area (TPSA) is 176 Å². The van der Waals surface area contributed by atoms with Crippen molar-refractivity contribution >= 4 is 79.6 Å². The molecule has 1 atom stereocenters. The molecule has 3 N–H and O–H groups in total. The molecule has 3 amide bonds. The van der Waals surface area contributed by atoms with Crippen LogP contribution in [-0.4, -0.2) is 96.4 Å². The number of rotatable bonds is 7. The van der Waals surface area contributed by atoms with Crippen molar-refractivity contribution in [3.8, 4) is 11.5 Å². The van der Waals surface area contributed by atoms with E-state index < -0.39 is 63.9 Å². The molecule has 18 heteroatoms. The number of ether oxygens (including phenoxy) is 2. The molecule has 2 aliphatic heterocycles. The quantitative estimate of drug-likeness (QED) is 0.170. The minimum absolute atomic E-state index is 0.0126. The van der Waals surface area contributed by atoms with E-state index in [2.05, 4.69) is 15.3 Å². The zero-order chi connectivity index (χ0) is 39.6. The number of carboxylic acid groups (broad SMARTS) is 1. The molecule has 290 valence electrons. The number of carbonyl (C=O) groups is 4. The molecule has 6 aromatic rings. The van der Waals surface area contributed by atoms with Crippen LogP contribution in [0.2, 0.25) is 0 Å². The number of methoxy groups -OCH3 is 1. The van der Waals surface area contributed by atoms with Crippen molar-refractivity contribution in [1.82, 2.24) is 19.8 Å². The minimum atomic E-state index is -5.16. The van der Waals surface area contributed by atoms with Gasteiger partial charge in [0.15, 0.2) is 22.8 Å². The lowest BCUT2D eigenvalue weighted by Gasteiger charge is -2.31. The SMILES string of the molecule is COc1cccc2cc(C(=O)Nc3ccc4[nH]c(C(=O)N5C[C@@H](CCl)c6c5cc(OC(=O)N5CCN(C)CC5)c5[nH]c(C(F)(F)F)c(C(=O)[O-])c65)cc4c3)oc12. The number of H-pyrrole nitrogens is 2. The van der Waals surface area contributed by atoms with E-state index >= 15 is 0 Å². The van der Waals surface area contributed by atoms with Crippen LogP contribution in [0.3, 0.4) is 0 Å². The van der Waals surface area contributed by atoms with E-state index in [-0.39, 0.29) is 48.2 Å². The molecule has 8 rings (SSSR count). The Morgan fingerprint density at radius 3 is 2.46 bits per heavy atom. The summed E-state index contributed by atoms with van der Waals surface area (Å²) in [6.45, 7) is 1.48. The maximum Gasteiger partial charge on any atom is 0.431 e. The molecule has 0 radical (unpaired) electrons. The highest BCUT2D eigenvalue weighted by Gasteiger charge is 2.42. The Labute approximate surface area is 319 Å². The lowest BCUT2D eigenvalue weighted by atomic mass is 9.95. The van der Waals surface area contributed by atoms with Gasteiger partial charge in [0, 0.05) is 83.5 Å². The molecule has 1 fully saturated rings. The third kappa shape index (κ3) is 6.31. The summed E-state index contributed by atoms with van der Waals surface area (Å²) < 4.78 is 59.7. The Balaban J connectivity index is 1.15. The first kappa shape index (κ1) is 36.8. The van der Waals surface area contributed by atoms with Crippen molar-refractivity contribution in [3.05, 3.63) is 82.9 Å². The highest BCUT2D eigenvalue weighted by Crippen LogP contribution is 2.49. The predicted octanol–water partition coefficient (Wildman–Crippen LogP) is 5.77. The number of carbonyl (C=O) groups excluding carboxylic acids is 4. The molecule has 0 saturated carbocycles. The van der Waals surface area contributed by atoms with Crippen molar-refractivity contribution < 1.29 is 51.3 Å². The molecule has 0 unspecified atom stereocenters. The number of hydrogen-bond donors (Lipinski definition) is 3. The van der Waals surface area contributed by atoms with Crippen molar-refractivity contribution in [2.45, 2.75) is 12.1 Å². The Bertz CT molecular complexity index is 2590. The summed E-state index contributed by atoms with van der Waals surface area (Å²) in [5.74, 6) is -4.19. The summed E-state index contributed by atoms with van der Waals surface area (Å²) in [6, 6.07) is 14.5. The van der Waals surface area contributed by atoms with Gasteiger partial charge in [-0.1, -0.05) is 12.1 Å². The molecule has 14 nitrogen and oxygen atoms in total. The second-order valence-electron chi connectivity index (χ2n) is 13.6. The largest absolute Gasteiger partial charge is 0.545 e. The van der Waals surface area contributed by atoms with Gasteiger partial charge in [0.25, 0.3) is 11.8 Å². The summed E-state index contributed by atoms with van der Waals surface area (Å²) in [4.78, 5) is 62.9. The number of aromatic carboxylic acids is 1. The predicted molar refractivity (Wildman–Crippen MR) is 197 cm³/mol. The van der Waals surface area contributed by atoms with Gasteiger partial charge in [-0.25, -0.2) is 4.79 Å². The van der Waals surface area contributed by atoms with Crippen LogP contribution in [0, 0.1) is 0 Å². The average molecular weight is 792 g/mol. The fourth-order valence-corrected chi connectivity index (χ4v) is 7.59. The standard InChI is InChI=1S/C38H32ClF3N6O8/c1-46-8-10-47(11-9-46)37(53)56-26-15-24-28(29-30(36(51)52)33(38(40,41)42)45-31(26)29)20(16-39)17-48(24)35(50)23-13-19-12-21(6-7-22(19)44-23)43-34(49)27-14-18-4-3-5-25(54-2)32(18)55-27/h3-7,12-15,20,44-45H,8-11,16-17H2,1-2H3,(H,43,49)(H,51,52)/p-1/t20-/m1/s1. The average Bonchev–Trinajstić information content (AvgIpc) is 3.96. The number of fused-ring (bicyclic) bond motifs is 5.